The second-order valence-corrected chi connectivity index (χ2v) is 7.82. The molecule has 10 heteroatoms. The van der Waals surface area contributed by atoms with Gasteiger partial charge in [0.05, 0.1) is 5.54 Å². The molecule has 0 atom stereocenters. The van der Waals surface area contributed by atoms with E-state index in [9.17, 15) is 13.6 Å². The van der Waals surface area contributed by atoms with E-state index in [0.717, 1.165) is 5.56 Å². The summed E-state index contributed by atoms with van der Waals surface area (Å²) in [4.78, 5) is 16.1. The summed E-state index contributed by atoms with van der Waals surface area (Å²) >= 11 is 0. The minimum Gasteiger partial charge on any atom is -0.444 e. The summed E-state index contributed by atoms with van der Waals surface area (Å²) < 4.78 is 34.3. The third-order valence-corrected chi connectivity index (χ3v) is 3.34. The molecule has 0 saturated carbocycles. The maximum Gasteiger partial charge on any atom is 0.408 e. The molecule has 3 N–H and O–H groups in total. The van der Waals surface area contributed by atoms with Crippen LogP contribution in [0.25, 0.3) is 0 Å². The Labute approximate surface area is 188 Å². The Balaban J connectivity index is 0.00000784. The molecule has 0 heterocycles. The van der Waals surface area contributed by atoms with E-state index in [4.69, 9.17) is 4.74 Å². The second-order valence-electron chi connectivity index (χ2n) is 7.82. The Hall–Kier alpha value is -1.85. The second kappa shape index (κ2) is 12.0. The van der Waals surface area contributed by atoms with Gasteiger partial charge in [-0.25, -0.2) is 4.79 Å². The summed E-state index contributed by atoms with van der Waals surface area (Å²) in [5.74, 6) is 0.596. The van der Waals surface area contributed by atoms with Gasteiger partial charge in [-0.3, -0.25) is 4.99 Å². The number of hydrogen-bond acceptors (Lipinski definition) is 4. The number of guanidine groups is 1. The third-order valence-electron chi connectivity index (χ3n) is 3.34. The molecule has 1 aromatic rings. The van der Waals surface area contributed by atoms with Crippen molar-refractivity contribution < 1.29 is 23.0 Å². The predicted octanol–water partition coefficient (Wildman–Crippen LogP) is 3.87. The zero-order valence-corrected chi connectivity index (χ0v) is 20.0. The third kappa shape index (κ3) is 12.3. The number of carbonyl (C=O) groups excluding carboxylic acids is 1. The summed E-state index contributed by atoms with van der Waals surface area (Å²) in [6, 6.07) is 6.42. The van der Waals surface area contributed by atoms with Gasteiger partial charge in [0.2, 0.25) is 0 Å². The van der Waals surface area contributed by atoms with Crippen LogP contribution < -0.4 is 20.7 Å². The highest BCUT2D eigenvalue weighted by Crippen LogP contribution is 2.15. The van der Waals surface area contributed by atoms with Crippen molar-refractivity contribution in [2.75, 3.05) is 13.6 Å². The first-order valence-electron chi connectivity index (χ1n) is 8.90. The normalized spacial score (nSPS) is 12.1. The van der Waals surface area contributed by atoms with Crippen LogP contribution in [0.4, 0.5) is 13.6 Å². The number of rotatable bonds is 7. The minimum atomic E-state index is -2.86. The van der Waals surface area contributed by atoms with Crippen molar-refractivity contribution in [1.82, 2.24) is 16.0 Å². The Kier molecular flexibility index (Phi) is 11.2. The van der Waals surface area contributed by atoms with Crippen LogP contribution >= 0.6 is 24.0 Å². The van der Waals surface area contributed by atoms with Crippen LogP contribution in [0, 0.1) is 0 Å². The monoisotopic (exact) mass is 528 g/mol. The Bertz CT molecular complexity index is 680. The average Bonchev–Trinajstić information content (AvgIpc) is 2.52. The lowest BCUT2D eigenvalue weighted by Crippen LogP contribution is -2.54. The summed E-state index contributed by atoms with van der Waals surface area (Å²) in [7, 11) is 1.61. The fourth-order valence-electron chi connectivity index (χ4n) is 2.17. The number of benzene rings is 1. The zero-order valence-electron chi connectivity index (χ0n) is 17.6. The van der Waals surface area contributed by atoms with Crippen molar-refractivity contribution in [2.45, 2.75) is 58.9 Å². The lowest BCUT2D eigenvalue weighted by atomic mass is 10.1. The molecule has 7 nitrogen and oxygen atoms in total. The lowest BCUT2D eigenvalue weighted by Gasteiger charge is -2.29. The molecule has 0 aliphatic heterocycles. The number of carbonyl (C=O) groups is 1. The molecular weight excluding hydrogens is 497 g/mol. The van der Waals surface area contributed by atoms with Crippen LogP contribution in [0.2, 0.25) is 0 Å². The van der Waals surface area contributed by atoms with Gasteiger partial charge in [-0.2, -0.15) is 8.78 Å². The first kappa shape index (κ1) is 27.1. The van der Waals surface area contributed by atoms with Crippen molar-refractivity contribution in [1.29, 1.82) is 0 Å². The smallest absolute Gasteiger partial charge is 0.408 e. The van der Waals surface area contributed by atoms with E-state index in [1.807, 2.05) is 13.8 Å². The molecule has 0 radical (unpaired) electrons. The van der Waals surface area contributed by atoms with E-state index in [1.165, 1.54) is 12.1 Å². The maximum atomic E-state index is 12.3. The summed E-state index contributed by atoms with van der Waals surface area (Å²) in [6.45, 7) is 6.98. The number of ether oxygens (including phenoxy) is 2. The Morgan fingerprint density at radius 3 is 2.38 bits per heavy atom. The molecule has 0 spiro atoms. The first-order valence-corrected chi connectivity index (χ1v) is 8.90. The quantitative estimate of drug-likeness (QED) is 0.285. The lowest BCUT2D eigenvalue weighted by molar-refractivity contribution is -0.0498. The predicted molar refractivity (Wildman–Crippen MR) is 120 cm³/mol. The standard InChI is InChI=1S/C19H30F2N4O3.HI/c1-18(2,3)28-17(26)25-19(4,5)12-24-16(22-6)23-11-13-8-7-9-14(10-13)27-15(20)21;/h7-10,15H,11-12H2,1-6H3,(H,25,26)(H2,22,23,24);1H. The molecule has 0 saturated heterocycles. The SMILES string of the molecule is CN=C(NCc1cccc(OC(F)F)c1)NCC(C)(C)NC(=O)OC(C)(C)C.I. The van der Waals surface area contributed by atoms with E-state index in [1.54, 1.807) is 40.0 Å². The largest absolute Gasteiger partial charge is 0.444 e. The van der Waals surface area contributed by atoms with Crippen LogP contribution in [0.5, 0.6) is 5.75 Å². The van der Waals surface area contributed by atoms with E-state index in [2.05, 4.69) is 25.7 Å². The van der Waals surface area contributed by atoms with Crippen molar-refractivity contribution in [3.8, 4) is 5.75 Å². The van der Waals surface area contributed by atoms with Crippen LogP contribution in [0.1, 0.15) is 40.2 Å². The Morgan fingerprint density at radius 1 is 1.17 bits per heavy atom. The van der Waals surface area contributed by atoms with Crippen LogP contribution in [-0.4, -0.2) is 43.4 Å². The zero-order chi connectivity index (χ0) is 21.4. The van der Waals surface area contributed by atoms with E-state index in [-0.39, 0.29) is 29.7 Å². The molecule has 1 amide bonds. The number of aliphatic imine (C=N–C) groups is 1. The van der Waals surface area contributed by atoms with Gasteiger partial charge in [-0.15, -0.1) is 24.0 Å². The number of nitrogens with one attached hydrogen (secondary N) is 3. The first-order chi connectivity index (χ1) is 12.9. The molecule has 1 aromatic carbocycles. The van der Waals surface area contributed by atoms with Gasteiger partial charge >= 0.3 is 12.7 Å². The number of halogens is 3. The van der Waals surface area contributed by atoms with Gasteiger partial charge < -0.3 is 25.4 Å². The molecule has 0 fully saturated rings. The minimum absolute atomic E-state index is 0. The highest BCUT2D eigenvalue weighted by atomic mass is 127. The maximum absolute atomic E-state index is 12.3. The topological polar surface area (TPSA) is 84.0 Å². The van der Waals surface area contributed by atoms with Gasteiger partial charge in [-0.05, 0) is 52.3 Å². The fraction of sp³-hybridized carbons (Fsp3) is 0.579. The van der Waals surface area contributed by atoms with Gasteiger partial charge in [0, 0.05) is 20.1 Å². The molecule has 166 valence electrons. The van der Waals surface area contributed by atoms with Crippen molar-refractivity contribution >= 4 is 36.0 Å². The molecule has 0 aliphatic carbocycles. The van der Waals surface area contributed by atoms with Crippen molar-refractivity contribution in [3.63, 3.8) is 0 Å². The highest BCUT2D eigenvalue weighted by molar-refractivity contribution is 14.0. The number of amides is 1. The molecule has 1 rings (SSSR count). The fourth-order valence-corrected chi connectivity index (χ4v) is 2.17. The van der Waals surface area contributed by atoms with E-state index < -0.39 is 23.8 Å². The summed E-state index contributed by atoms with van der Waals surface area (Å²) in [6.07, 6.45) is -0.502. The average molecular weight is 528 g/mol. The molecule has 0 aliphatic rings. The number of alkyl carbamates (subject to hydrolysis) is 1. The molecule has 0 unspecified atom stereocenters. The van der Waals surface area contributed by atoms with Gasteiger partial charge in [0.15, 0.2) is 5.96 Å². The van der Waals surface area contributed by atoms with Crippen LogP contribution in [0.15, 0.2) is 29.3 Å². The molecule has 0 bridgehead atoms. The molecule has 29 heavy (non-hydrogen) atoms. The molecule has 0 aromatic heterocycles. The van der Waals surface area contributed by atoms with Gasteiger partial charge in [0.25, 0.3) is 0 Å². The van der Waals surface area contributed by atoms with Crippen LogP contribution in [-0.2, 0) is 11.3 Å². The molecular formula is C19H31F2IN4O3. The van der Waals surface area contributed by atoms with Crippen molar-refractivity contribution in [2.24, 2.45) is 4.99 Å². The van der Waals surface area contributed by atoms with E-state index in [0.29, 0.717) is 19.0 Å². The number of nitrogens with zero attached hydrogens (tertiary/aromatic N) is 1. The Morgan fingerprint density at radius 2 is 1.83 bits per heavy atom. The van der Waals surface area contributed by atoms with Crippen LogP contribution in [0.3, 0.4) is 0 Å². The van der Waals surface area contributed by atoms with Crippen molar-refractivity contribution in [3.05, 3.63) is 29.8 Å². The summed E-state index contributed by atoms with van der Waals surface area (Å²) in [5, 5.41) is 8.99. The summed E-state index contributed by atoms with van der Waals surface area (Å²) in [5.41, 5.74) is -0.411. The number of hydrogen-bond donors (Lipinski definition) is 3. The highest BCUT2D eigenvalue weighted by Gasteiger charge is 2.24. The van der Waals surface area contributed by atoms with Gasteiger partial charge in [0.1, 0.15) is 11.4 Å². The van der Waals surface area contributed by atoms with Gasteiger partial charge in [-0.1, -0.05) is 12.1 Å². The van der Waals surface area contributed by atoms with E-state index >= 15 is 0 Å². The number of alkyl halides is 2.